The molecule has 21 heavy (non-hydrogen) atoms. The van der Waals surface area contributed by atoms with Gasteiger partial charge in [0.2, 0.25) is 0 Å². The van der Waals surface area contributed by atoms with Crippen molar-refractivity contribution in [3.63, 3.8) is 0 Å². The van der Waals surface area contributed by atoms with Crippen molar-refractivity contribution in [1.29, 1.82) is 0 Å². The van der Waals surface area contributed by atoms with Crippen molar-refractivity contribution < 1.29 is 35.9 Å². The molecular formula is C12H13F3O5S. The second-order valence-electron chi connectivity index (χ2n) is 4.14. The summed E-state index contributed by atoms with van der Waals surface area (Å²) in [5, 5.41) is 0. The molecule has 1 rings (SSSR count). The number of sulfone groups is 1. The van der Waals surface area contributed by atoms with Gasteiger partial charge in [-0.3, -0.25) is 0 Å². The van der Waals surface area contributed by atoms with Gasteiger partial charge in [0.25, 0.3) is 0 Å². The summed E-state index contributed by atoms with van der Waals surface area (Å²) < 4.78 is 68.3. The molecule has 0 amide bonds. The molecule has 0 atom stereocenters. The van der Waals surface area contributed by atoms with Crippen molar-refractivity contribution in [2.75, 3.05) is 20.0 Å². The summed E-state index contributed by atoms with van der Waals surface area (Å²) in [7, 11) is -2.51. The summed E-state index contributed by atoms with van der Waals surface area (Å²) in [6, 6.07) is 3.27. The van der Waals surface area contributed by atoms with Gasteiger partial charge >= 0.3 is 12.1 Å². The Bertz CT molecular complexity index is 622. The first-order valence-corrected chi connectivity index (χ1v) is 7.55. The normalized spacial score (nSPS) is 12.0. The second-order valence-corrected chi connectivity index (χ2v) is 6.15. The number of hydrogen-bond donors (Lipinski definition) is 0. The highest BCUT2D eigenvalue weighted by atomic mass is 32.2. The van der Waals surface area contributed by atoms with Gasteiger partial charge in [-0.2, -0.15) is 13.2 Å². The molecule has 0 N–H and O–H groups in total. The van der Waals surface area contributed by atoms with Crippen LogP contribution in [0, 0.1) is 0 Å². The summed E-state index contributed by atoms with van der Waals surface area (Å²) in [6.45, 7) is -0.689. The lowest BCUT2D eigenvalue weighted by molar-refractivity contribution is -0.139. The predicted octanol–water partition coefficient (Wildman–Crippen LogP) is 2.21. The van der Waals surface area contributed by atoms with Gasteiger partial charge in [-0.15, -0.1) is 0 Å². The van der Waals surface area contributed by atoms with E-state index in [2.05, 4.69) is 4.74 Å². The average molecular weight is 326 g/mol. The van der Waals surface area contributed by atoms with E-state index in [9.17, 15) is 26.4 Å². The van der Waals surface area contributed by atoms with Crippen molar-refractivity contribution in [2.45, 2.75) is 17.5 Å². The fourth-order valence-corrected chi connectivity index (χ4v) is 2.06. The smallest absolute Gasteiger partial charge is 0.392 e. The van der Waals surface area contributed by atoms with E-state index in [4.69, 9.17) is 4.74 Å². The Kier molecular flexibility index (Phi) is 5.21. The second kappa shape index (κ2) is 6.33. The molecule has 0 unspecified atom stereocenters. The molecule has 0 aromatic heterocycles. The minimum atomic E-state index is -4.39. The van der Waals surface area contributed by atoms with E-state index >= 15 is 0 Å². The number of ether oxygens (including phenoxy) is 2. The van der Waals surface area contributed by atoms with Crippen molar-refractivity contribution in [2.24, 2.45) is 0 Å². The van der Waals surface area contributed by atoms with Crippen molar-refractivity contribution in [3.8, 4) is 5.75 Å². The maximum absolute atomic E-state index is 12.1. The standard InChI is InChI=1S/C12H13F3O5S/c1-19-11(16)9-7-8(21(2,17)18)3-4-10(9)20-6-5-12(13,14)15/h3-4,7H,5-6H2,1-2H3. The van der Waals surface area contributed by atoms with E-state index < -0.39 is 35.0 Å². The molecule has 5 nitrogen and oxygen atoms in total. The molecule has 0 radical (unpaired) electrons. The van der Waals surface area contributed by atoms with Crippen LogP contribution in [0.3, 0.4) is 0 Å². The third kappa shape index (κ3) is 5.25. The quantitative estimate of drug-likeness (QED) is 0.776. The zero-order valence-electron chi connectivity index (χ0n) is 11.2. The van der Waals surface area contributed by atoms with Crippen LogP contribution < -0.4 is 4.74 Å². The monoisotopic (exact) mass is 326 g/mol. The highest BCUT2D eigenvalue weighted by molar-refractivity contribution is 7.90. The number of benzene rings is 1. The summed E-state index contributed by atoms with van der Waals surface area (Å²) in [6.07, 6.45) is -4.65. The molecule has 9 heteroatoms. The first-order valence-electron chi connectivity index (χ1n) is 5.66. The average Bonchev–Trinajstić information content (AvgIpc) is 2.35. The summed E-state index contributed by atoms with van der Waals surface area (Å²) in [5.41, 5.74) is -0.248. The number of alkyl halides is 3. The molecule has 0 saturated heterocycles. The molecule has 1 aromatic rings. The Hall–Kier alpha value is -1.77. The lowest BCUT2D eigenvalue weighted by Gasteiger charge is -2.12. The fourth-order valence-electron chi connectivity index (χ4n) is 1.41. The molecule has 0 bridgehead atoms. The Morgan fingerprint density at radius 2 is 1.90 bits per heavy atom. The highest BCUT2D eigenvalue weighted by Crippen LogP contribution is 2.25. The number of methoxy groups -OCH3 is 1. The highest BCUT2D eigenvalue weighted by Gasteiger charge is 2.27. The molecule has 1 aromatic carbocycles. The SMILES string of the molecule is COC(=O)c1cc(S(C)(=O)=O)ccc1OCCC(F)(F)F. The zero-order valence-corrected chi connectivity index (χ0v) is 12.0. The van der Waals surface area contributed by atoms with Gasteiger partial charge in [0.05, 0.1) is 25.0 Å². The van der Waals surface area contributed by atoms with E-state index in [1.807, 2.05) is 0 Å². The molecule has 0 heterocycles. The molecule has 0 fully saturated rings. The molecule has 0 aliphatic heterocycles. The summed E-state index contributed by atoms with van der Waals surface area (Å²) >= 11 is 0. The zero-order chi connectivity index (χ0) is 16.3. The van der Waals surface area contributed by atoms with Gasteiger partial charge < -0.3 is 9.47 Å². The number of carbonyl (C=O) groups excluding carboxylic acids is 1. The van der Waals surface area contributed by atoms with Gasteiger partial charge in [-0.05, 0) is 18.2 Å². The van der Waals surface area contributed by atoms with E-state index in [1.165, 1.54) is 0 Å². The van der Waals surface area contributed by atoms with Gasteiger partial charge in [0.15, 0.2) is 9.84 Å². The van der Waals surface area contributed by atoms with Gasteiger partial charge in [0, 0.05) is 6.26 Å². The molecule has 0 saturated carbocycles. The van der Waals surface area contributed by atoms with E-state index in [0.717, 1.165) is 31.6 Å². The Balaban J connectivity index is 3.06. The van der Waals surface area contributed by atoms with Gasteiger partial charge in [-0.25, -0.2) is 13.2 Å². The van der Waals surface area contributed by atoms with Crippen molar-refractivity contribution in [3.05, 3.63) is 23.8 Å². The van der Waals surface area contributed by atoms with Crippen molar-refractivity contribution in [1.82, 2.24) is 0 Å². The first-order chi connectivity index (χ1) is 9.54. The van der Waals surface area contributed by atoms with Crippen LogP contribution in [0.2, 0.25) is 0 Å². The van der Waals surface area contributed by atoms with Crippen LogP contribution in [0.4, 0.5) is 13.2 Å². The maximum atomic E-state index is 12.1. The largest absolute Gasteiger partial charge is 0.492 e. The van der Waals surface area contributed by atoms with Crippen LogP contribution in [-0.2, 0) is 14.6 Å². The summed E-state index contributed by atoms with van der Waals surface area (Å²) in [5.74, 6) is -1.07. The lowest BCUT2D eigenvalue weighted by Crippen LogP contribution is -2.14. The Labute approximate surface area is 119 Å². The predicted molar refractivity (Wildman–Crippen MR) is 67.1 cm³/mol. The van der Waals surface area contributed by atoms with E-state index in [0.29, 0.717) is 0 Å². The van der Waals surface area contributed by atoms with E-state index in [-0.39, 0.29) is 16.2 Å². The minimum Gasteiger partial charge on any atom is -0.492 e. The van der Waals surface area contributed by atoms with Crippen LogP contribution in [0.5, 0.6) is 5.75 Å². The third-order valence-corrected chi connectivity index (χ3v) is 3.54. The fraction of sp³-hybridized carbons (Fsp3) is 0.417. The number of esters is 1. The van der Waals surface area contributed by atoms with Crippen molar-refractivity contribution >= 4 is 15.8 Å². The number of hydrogen-bond acceptors (Lipinski definition) is 5. The number of carbonyl (C=O) groups is 1. The molecular weight excluding hydrogens is 313 g/mol. The van der Waals surface area contributed by atoms with Crippen LogP contribution in [0.1, 0.15) is 16.8 Å². The molecule has 0 aliphatic carbocycles. The summed E-state index contributed by atoms with van der Waals surface area (Å²) in [4.78, 5) is 11.4. The maximum Gasteiger partial charge on any atom is 0.392 e. The number of rotatable bonds is 5. The van der Waals surface area contributed by atoms with Crippen LogP contribution in [0.15, 0.2) is 23.1 Å². The van der Waals surface area contributed by atoms with Gasteiger partial charge in [0.1, 0.15) is 11.3 Å². The third-order valence-electron chi connectivity index (χ3n) is 2.43. The van der Waals surface area contributed by atoms with Gasteiger partial charge in [-0.1, -0.05) is 0 Å². The number of halogens is 3. The van der Waals surface area contributed by atoms with Crippen LogP contribution >= 0.6 is 0 Å². The topological polar surface area (TPSA) is 69.7 Å². The lowest BCUT2D eigenvalue weighted by atomic mass is 10.2. The van der Waals surface area contributed by atoms with Crippen LogP contribution in [-0.4, -0.2) is 40.5 Å². The van der Waals surface area contributed by atoms with Crippen LogP contribution in [0.25, 0.3) is 0 Å². The Morgan fingerprint density at radius 3 is 2.38 bits per heavy atom. The molecule has 0 spiro atoms. The van der Waals surface area contributed by atoms with E-state index in [1.54, 1.807) is 0 Å². The molecule has 118 valence electrons. The first kappa shape index (κ1) is 17.3. The molecule has 0 aliphatic rings. The minimum absolute atomic E-state index is 0.161. The Morgan fingerprint density at radius 1 is 1.29 bits per heavy atom.